The van der Waals surface area contributed by atoms with Crippen molar-refractivity contribution in [3.63, 3.8) is 0 Å². The van der Waals surface area contributed by atoms with Crippen molar-refractivity contribution in [2.24, 2.45) is 0 Å². The first kappa shape index (κ1) is 13.0. The second kappa shape index (κ2) is 5.84. The second-order valence-corrected chi connectivity index (χ2v) is 3.19. The van der Waals surface area contributed by atoms with Crippen LogP contribution in [0.3, 0.4) is 0 Å². The van der Waals surface area contributed by atoms with Gasteiger partial charge in [0, 0.05) is 12.4 Å². The minimum absolute atomic E-state index is 0. The molecule has 0 radical (unpaired) electrons. The van der Waals surface area contributed by atoms with Crippen molar-refractivity contribution in [3.05, 3.63) is 47.8 Å². The van der Waals surface area contributed by atoms with Crippen LogP contribution in [-0.2, 0) is 32.7 Å². The third-order valence-electron chi connectivity index (χ3n) is 1.97. The summed E-state index contributed by atoms with van der Waals surface area (Å²) in [5, 5.41) is 8.62. The molecule has 0 saturated carbocycles. The Morgan fingerprint density at radius 2 is 1.94 bits per heavy atom. The maximum absolute atomic E-state index is 8.62. The third kappa shape index (κ3) is 2.94. The summed E-state index contributed by atoms with van der Waals surface area (Å²) in [6, 6.07) is 10.1. The number of benzene rings is 1. The van der Waals surface area contributed by atoms with Gasteiger partial charge in [-0.3, -0.25) is 5.26 Å². The molecule has 0 fully saturated rings. The van der Waals surface area contributed by atoms with E-state index in [1.165, 1.54) is 0 Å². The molecule has 2 rings (SSSR count). The summed E-state index contributed by atoms with van der Waals surface area (Å²) < 4.78 is 0. The molecule has 0 amide bonds. The number of nitrogens with zero attached hydrogens (tertiary/aromatic N) is 3. The fourth-order valence-corrected chi connectivity index (χ4v) is 1.18. The first-order chi connectivity index (χ1) is 7.29. The van der Waals surface area contributed by atoms with Gasteiger partial charge in [0.15, 0.2) is 0 Å². The van der Waals surface area contributed by atoms with Crippen LogP contribution >= 0.6 is 0 Å². The normalized spacial score (nSPS) is 9.00. The quantitative estimate of drug-likeness (QED) is 0.753. The third-order valence-corrected chi connectivity index (χ3v) is 1.97. The van der Waals surface area contributed by atoms with Gasteiger partial charge in [-0.15, -0.1) is 24.3 Å². The molecule has 1 aromatic heterocycles. The molecule has 0 aliphatic carbocycles. The van der Waals surface area contributed by atoms with Gasteiger partial charge in [-0.05, 0) is 18.6 Å². The molecular weight excluding hydrogens is 275 g/mol. The first-order valence-electron chi connectivity index (χ1n) is 4.50. The molecular formula is C12H8N3Y+2. The Kier molecular flexibility index (Phi) is 4.73. The van der Waals surface area contributed by atoms with Gasteiger partial charge < -0.3 is 0 Å². The summed E-state index contributed by atoms with van der Waals surface area (Å²) >= 11 is 0. The monoisotopic (exact) mass is 283 g/mol. The van der Waals surface area contributed by atoms with E-state index in [4.69, 9.17) is 5.26 Å². The Balaban J connectivity index is 0.00000128. The van der Waals surface area contributed by atoms with Crippen LogP contribution in [0.1, 0.15) is 11.1 Å². The molecule has 2 aromatic rings. The van der Waals surface area contributed by atoms with Gasteiger partial charge in [-0.2, -0.15) is 0 Å². The molecule has 0 spiro atoms. The molecule has 0 aliphatic heterocycles. The SMILES string of the molecule is Cc1cnc(-c2c[c-]c(C#N)cc2)nc1.[Y+3]. The van der Waals surface area contributed by atoms with E-state index >= 15 is 0 Å². The Hall–Kier alpha value is -1.11. The number of aromatic nitrogens is 2. The molecule has 0 bridgehead atoms. The van der Waals surface area contributed by atoms with Crippen molar-refractivity contribution >= 4 is 0 Å². The number of hydrogen-bond donors (Lipinski definition) is 0. The van der Waals surface area contributed by atoms with Crippen molar-refractivity contribution in [1.29, 1.82) is 5.26 Å². The van der Waals surface area contributed by atoms with Gasteiger partial charge in [-0.1, -0.05) is 11.1 Å². The first-order valence-corrected chi connectivity index (χ1v) is 4.50. The van der Waals surface area contributed by atoms with E-state index in [-0.39, 0.29) is 32.7 Å². The van der Waals surface area contributed by atoms with E-state index in [0.29, 0.717) is 11.4 Å². The molecule has 1 aromatic carbocycles. The van der Waals surface area contributed by atoms with Gasteiger partial charge in [0.05, 0.1) is 0 Å². The molecule has 0 atom stereocenters. The fraction of sp³-hybridized carbons (Fsp3) is 0.0833. The molecule has 0 unspecified atom stereocenters. The summed E-state index contributed by atoms with van der Waals surface area (Å²) in [5.41, 5.74) is 2.41. The average Bonchev–Trinajstić information content (AvgIpc) is 2.30. The minimum Gasteiger partial charge on any atom is -0.262 e. The van der Waals surface area contributed by atoms with Crippen LogP contribution < -0.4 is 0 Å². The summed E-state index contributed by atoms with van der Waals surface area (Å²) in [5.74, 6) is 0.654. The number of aryl methyl sites for hydroxylation is 1. The van der Waals surface area contributed by atoms with Crippen molar-refractivity contribution < 1.29 is 32.7 Å². The molecule has 3 nitrogen and oxygen atoms in total. The Bertz CT molecular complexity index is 497. The predicted octanol–water partition coefficient (Wildman–Crippen LogP) is 2.12. The van der Waals surface area contributed by atoms with E-state index in [9.17, 15) is 0 Å². The van der Waals surface area contributed by atoms with Gasteiger partial charge in [0.25, 0.3) is 0 Å². The molecule has 0 N–H and O–H groups in total. The maximum atomic E-state index is 8.62. The van der Waals surface area contributed by atoms with E-state index in [0.717, 1.165) is 11.1 Å². The van der Waals surface area contributed by atoms with Crippen molar-refractivity contribution in [2.75, 3.05) is 0 Å². The molecule has 72 valence electrons. The largest absolute Gasteiger partial charge is 3.00 e. The summed E-state index contributed by atoms with van der Waals surface area (Å²) in [7, 11) is 0. The Morgan fingerprint density at radius 3 is 2.44 bits per heavy atom. The van der Waals surface area contributed by atoms with E-state index < -0.39 is 0 Å². The summed E-state index contributed by atoms with van der Waals surface area (Å²) in [6.45, 7) is 1.94. The van der Waals surface area contributed by atoms with Gasteiger partial charge >= 0.3 is 32.7 Å². The van der Waals surface area contributed by atoms with Crippen LogP contribution in [-0.4, -0.2) is 9.97 Å². The predicted molar refractivity (Wildman–Crippen MR) is 55.8 cm³/mol. The zero-order chi connectivity index (χ0) is 10.7. The van der Waals surface area contributed by atoms with Gasteiger partial charge in [0.1, 0.15) is 5.82 Å². The van der Waals surface area contributed by atoms with Crippen LogP contribution in [0.4, 0.5) is 0 Å². The van der Waals surface area contributed by atoms with Crippen molar-refractivity contribution in [1.82, 2.24) is 9.97 Å². The summed E-state index contributed by atoms with van der Waals surface area (Å²) in [6.07, 6.45) is 3.53. The Labute approximate surface area is 119 Å². The van der Waals surface area contributed by atoms with Gasteiger partial charge in [-0.25, -0.2) is 9.97 Å². The number of nitriles is 1. The fourth-order valence-electron chi connectivity index (χ4n) is 1.18. The molecule has 1 heterocycles. The van der Waals surface area contributed by atoms with Crippen molar-refractivity contribution in [3.8, 4) is 17.5 Å². The maximum Gasteiger partial charge on any atom is 3.00 e. The zero-order valence-electron chi connectivity index (χ0n) is 8.81. The van der Waals surface area contributed by atoms with Gasteiger partial charge in [0.2, 0.25) is 0 Å². The zero-order valence-corrected chi connectivity index (χ0v) is 11.6. The van der Waals surface area contributed by atoms with Crippen molar-refractivity contribution in [2.45, 2.75) is 6.92 Å². The minimum atomic E-state index is 0. The van der Waals surface area contributed by atoms with Crippen LogP contribution in [0.5, 0.6) is 0 Å². The topological polar surface area (TPSA) is 49.6 Å². The van der Waals surface area contributed by atoms with Crippen LogP contribution in [0.2, 0.25) is 0 Å². The van der Waals surface area contributed by atoms with Crippen LogP contribution in [0.15, 0.2) is 30.6 Å². The van der Waals surface area contributed by atoms with E-state index in [2.05, 4.69) is 16.0 Å². The molecule has 0 aliphatic rings. The Morgan fingerprint density at radius 1 is 1.25 bits per heavy atom. The van der Waals surface area contributed by atoms with E-state index in [1.807, 2.05) is 19.1 Å². The molecule has 4 heteroatoms. The second-order valence-electron chi connectivity index (χ2n) is 3.19. The smallest absolute Gasteiger partial charge is 0.262 e. The summed E-state index contributed by atoms with van der Waals surface area (Å²) in [4.78, 5) is 8.38. The average molecular weight is 283 g/mol. The standard InChI is InChI=1S/C12H8N3.Y/c1-9-7-14-12(15-8-9)11-4-2-10(6-13)3-5-11;/h2,4-5,7-8H,1H3;/q-1;+3. The van der Waals surface area contributed by atoms with E-state index in [1.54, 1.807) is 24.5 Å². The number of rotatable bonds is 1. The van der Waals surface area contributed by atoms with Crippen LogP contribution in [0, 0.1) is 24.3 Å². The molecule has 16 heavy (non-hydrogen) atoms. The number of hydrogen-bond acceptors (Lipinski definition) is 3. The van der Waals surface area contributed by atoms with Crippen LogP contribution in [0.25, 0.3) is 11.4 Å². The molecule has 0 saturated heterocycles.